The van der Waals surface area contributed by atoms with E-state index in [4.69, 9.17) is 0 Å². The number of hydrogen-bond donors (Lipinski definition) is 0. The first-order valence-electron chi connectivity index (χ1n) is 30.6. The zero-order valence-electron chi connectivity index (χ0n) is 48.7. The average molecular weight is 1110 g/mol. The van der Waals surface area contributed by atoms with Crippen molar-refractivity contribution in [1.29, 1.82) is 0 Å². The molecule has 1 spiro atoms. The minimum atomic E-state index is -0.648. The summed E-state index contributed by atoms with van der Waals surface area (Å²) >= 11 is 0. The summed E-state index contributed by atoms with van der Waals surface area (Å²) in [6, 6.07) is 113. The molecule has 0 fully saturated rings. The van der Waals surface area contributed by atoms with Gasteiger partial charge in [-0.25, -0.2) is 0 Å². The lowest BCUT2D eigenvalue weighted by Crippen LogP contribution is -2.61. The standard InChI is InChI=1S/C83H58BN3/c1-82(2,3)70-46-45-66-63-31-15-20-36-69(63)83(67-34-18-13-29-61(67)62-30-14-19-35-68(62)83)79(66)81(70)87-76-48-42-58(55-27-11-6-12-28-55)50-72(76)84-71-49-57(54-25-9-5-10-26-54)41-47-75(71)85(59-43-39-56(40-44-59)53-23-7-4-8-24-53)77-51-60(52-78(87)80(77)84)86-73-37-21-16-32-64(73)65-33-17-22-38-74(65)86/h4-52H,1-3H3. The second-order valence-electron chi connectivity index (χ2n) is 25.1. The largest absolute Gasteiger partial charge is 0.311 e. The fraction of sp³-hybridized carbons (Fsp3) is 0.0602. The zero-order chi connectivity index (χ0) is 57.7. The van der Waals surface area contributed by atoms with Crippen molar-refractivity contribution in [3.05, 3.63) is 325 Å². The van der Waals surface area contributed by atoms with Crippen molar-refractivity contribution in [2.45, 2.75) is 31.6 Å². The summed E-state index contributed by atoms with van der Waals surface area (Å²) in [6.07, 6.45) is 0. The van der Waals surface area contributed by atoms with Crippen molar-refractivity contribution in [3.8, 4) is 61.3 Å². The maximum absolute atomic E-state index is 2.77. The molecule has 0 saturated heterocycles. The van der Waals surface area contributed by atoms with Crippen molar-refractivity contribution in [3.63, 3.8) is 0 Å². The van der Waals surface area contributed by atoms with Crippen molar-refractivity contribution in [1.82, 2.24) is 4.57 Å². The second kappa shape index (κ2) is 18.7. The van der Waals surface area contributed by atoms with Crippen LogP contribution < -0.4 is 26.2 Å². The molecular formula is C83H58BN3. The molecule has 0 N–H and O–H groups in total. The number of benzene rings is 13. The van der Waals surface area contributed by atoms with Gasteiger partial charge in [-0.05, 0) is 148 Å². The molecule has 4 heteroatoms. The summed E-state index contributed by atoms with van der Waals surface area (Å²) in [7, 11) is 0. The normalized spacial score (nSPS) is 13.7. The highest BCUT2D eigenvalue weighted by atomic mass is 15.2. The maximum Gasteiger partial charge on any atom is 0.252 e. The monoisotopic (exact) mass is 1110 g/mol. The molecular weight excluding hydrogens is 1050 g/mol. The SMILES string of the molecule is CC(C)(C)c1ccc2c(c1N1c3ccc(-c4ccccc4)cc3B3c4cc(-c5ccccc5)ccc4N(c4ccc(-c5ccccc5)cc4)c4cc(-n5c6ccccc6c6ccccc65)cc1c43)C1(c3ccccc3-c3ccccc31)c1ccccc1-2. The Bertz CT molecular complexity index is 5030. The van der Waals surface area contributed by atoms with Crippen LogP contribution in [0.25, 0.3) is 83.1 Å². The minimum absolute atomic E-state index is 0.176. The first kappa shape index (κ1) is 49.7. The van der Waals surface area contributed by atoms with Crippen molar-refractivity contribution in [2.75, 3.05) is 9.80 Å². The molecule has 4 aliphatic rings. The lowest BCUT2D eigenvalue weighted by Gasteiger charge is -2.47. The first-order chi connectivity index (χ1) is 42.8. The molecule has 1 aromatic heterocycles. The number of anilines is 6. The van der Waals surface area contributed by atoms with E-state index in [0.29, 0.717) is 0 Å². The Kier molecular flexibility index (Phi) is 10.7. The van der Waals surface area contributed by atoms with E-state index in [9.17, 15) is 0 Å². The van der Waals surface area contributed by atoms with E-state index in [-0.39, 0.29) is 12.1 Å². The third-order valence-corrected chi connectivity index (χ3v) is 19.5. The van der Waals surface area contributed by atoms with Gasteiger partial charge in [0, 0.05) is 44.8 Å². The van der Waals surface area contributed by atoms with Crippen LogP contribution in [-0.2, 0) is 10.8 Å². The molecule has 0 radical (unpaired) electrons. The van der Waals surface area contributed by atoms with Crippen LogP contribution in [0.4, 0.5) is 34.1 Å². The van der Waals surface area contributed by atoms with Crippen LogP contribution in [-0.4, -0.2) is 11.3 Å². The van der Waals surface area contributed by atoms with Crippen LogP contribution in [0.5, 0.6) is 0 Å². The van der Waals surface area contributed by atoms with E-state index >= 15 is 0 Å². The number of nitrogens with zero attached hydrogens (tertiary/aromatic N) is 3. The molecule has 0 unspecified atom stereocenters. The fourth-order valence-corrected chi connectivity index (χ4v) is 15.9. The van der Waals surface area contributed by atoms with Gasteiger partial charge in [-0.15, -0.1) is 0 Å². The third kappa shape index (κ3) is 7.07. The smallest absolute Gasteiger partial charge is 0.252 e. The van der Waals surface area contributed by atoms with Crippen LogP contribution >= 0.6 is 0 Å². The van der Waals surface area contributed by atoms with Gasteiger partial charge in [-0.2, -0.15) is 0 Å². The van der Waals surface area contributed by atoms with E-state index in [2.05, 4.69) is 332 Å². The Hall–Kier alpha value is -10.7. The summed E-state index contributed by atoms with van der Waals surface area (Å²) in [4.78, 5) is 5.37. The summed E-state index contributed by atoms with van der Waals surface area (Å²) < 4.78 is 2.54. The Morgan fingerprint density at radius 3 is 1.25 bits per heavy atom. The molecule has 2 aliphatic carbocycles. The Balaban J connectivity index is 1.03. The average Bonchev–Trinajstić information content (AvgIpc) is 1.60. The molecule has 2 aliphatic heterocycles. The van der Waals surface area contributed by atoms with Crippen molar-refractivity contribution < 1.29 is 0 Å². The summed E-state index contributed by atoms with van der Waals surface area (Å²) in [6.45, 7) is 7.08. The van der Waals surface area contributed by atoms with Gasteiger partial charge in [0.05, 0.1) is 27.8 Å². The molecule has 0 saturated carbocycles. The predicted octanol–water partition coefficient (Wildman–Crippen LogP) is 19.5. The van der Waals surface area contributed by atoms with E-state index in [1.165, 1.54) is 144 Å². The molecule has 0 atom stereocenters. The number of hydrogen-bond acceptors (Lipinski definition) is 2. The molecule has 408 valence electrons. The van der Waals surface area contributed by atoms with E-state index < -0.39 is 5.41 Å². The van der Waals surface area contributed by atoms with Gasteiger partial charge in [-0.3, -0.25) is 0 Å². The number of aromatic nitrogens is 1. The quantitative estimate of drug-likeness (QED) is 0.154. The Morgan fingerprint density at radius 2 is 0.736 bits per heavy atom. The van der Waals surface area contributed by atoms with Gasteiger partial charge >= 0.3 is 0 Å². The Labute approximate surface area is 508 Å². The topological polar surface area (TPSA) is 11.4 Å². The Morgan fingerprint density at radius 1 is 0.322 bits per heavy atom. The van der Waals surface area contributed by atoms with E-state index in [1.807, 2.05) is 0 Å². The van der Waals surface area contributed by atoms with Gasteiger partial charge in [0.15, 0.2) is 0 Å². The summed E-state index contributed by atoms with van der Waals surface area (Å²) in [5.41, 5.74) is 32.2. The van der Waals surface area contributed by atoms with Crippen molar-refractivity contribution >= 4 is 79.0 Å². The van der Waals surface area contributed by atoms with Crippen LogP contribution in [0.1, 0.15) is 48.6 Å². The van der Waals surface area contributed by atoms with Gasteiger partial charge in [-0.1, -0.05) is 269 Å². The van der Waals surface area contributed by atoms with Crippen LogP contribution in [0.15, 0.2) is 297 Å². The van der Waals surface area contributed by atoms with Gasteiger partial charge in [0.25, 0.3) is 6.71 Å². The van der Waals surface area contributed by atoms with Gasteiger partial charge in [0.1, 0.15) is 0 Å². The maximum atomic E-state index is 2.77. The molecule has 3 nitrogen and oxygen atoms in total. The second-order valence-corrected chi connectivity index (χ2v) is 25.1. The van der Waals surface area contributed by atoms with Crippen LogP contribution in [0, 0.1) is 0 Å². The lowest BCUT2D eigenvalue weighted by molar-refractivity contribution is 0.589. The molecule has 0 bridgehead atoms. The molecule has 3 heterocycles. The zero-order valence-corrected chi connectivity index (χ0v) is 48.7. The first-order valence-corrected chi connectivity index (χ1v) is 30.6. The lowest BCUT2D eigenvalue weighted by atomic mass is 9.33. The highest BCUT2D eigenvalue weighted by Gasteiger charge is 2.55. The number of rotatable bonds is 6. The van der Waals surface area contributed by atoms with Crippen LogP contribution in [0.3, 0.4) is 0 Å². The molecule has 0 amide bonds. The number of fused-ring (bicyclic) bond motifs is 17. The third-order valence-electron chi connectivity index (χ3n) is 19.5. The summed E-state index contributed by atoms with van der Waals surface area (Å²) in [5.74, 6) is 0. The highest BCUT2D eigenvalue weighted by Crippen LogP contribution is 2.67. The molecule has 14 aromatic rings. The van der Waals surface area contributed by atoms with Crippen molar-refractivity contribution in [2.24, 2.45) is 0 Å². The van der Waals surface area contributed by atoms with Gasteiger partial charge in [0.2, 0.25) is 0 Å². The highest BCUT2D eigenvalue weighted by molar-refractivity contribution is 7.00. The van der Waals surface area contributed by atoms with Crippen LogP contribution in [0.2, 0.25) is 0 Å². The van der Waals surface area contributed by atoms with E-state index in [1.54, 1.807) is 0 Å². The molecule has 13 aromatic carbocycles. The van der Waals surface area contributed by atoms with Gasteiger partial charge < -0.3 is 14.4 Å². The molecule has 18 rings (SSSR count). The predicted molar refractivity (Wildman–Crippen MR) is 366 cm³/mol. The van der Waals surface area contributed by atoms with E-state index in [0.717, 1.165) is 17.1 Å². The number of para-hydroxylation sites is 2. The summed E-state index contributed by atoms with van der Waals surface area (Å²) in [5, 5.41) is 2.46. The molecule has 87 heavy (non-hydrogen) atoms. The fourth-order valence-electron chi connectivity index (χ4n) is 15.9. The minimum Gasteiger partial charge on any atom is -0.311 e.